The van der Waals surface area contributed by atoms with Crippen molar-refractivity contribution in [1.82, 2.24) is 20.0 Å². The summed E-state index contributed by atoms with van der Waals surface area (Å²) in [6.45, 7) is 5.08. The van der Waals surface area contributed by atoms with Crippen molar-refractivity contribution >= 4 is 17.7 Å². The zero-order valence-electron chi connectivity index (χ0n) is 18.3. The van der Waals surface area contributed by atoms with Crippen molar-refractivity contribution in [3.05, 3.63) is 48.0 Å². The first-order chi connectivity index (χ1) is 14.9. The van der Waals surface area contributed by atoms with Crippen LogP contribution in [0, 0.1) is 5.92 Å². The third-order valence-electron chi connectivity index (χ3n) is 6.39. The largest absolute Gasteiger partial charge is 0.369 e. The molecular weight excluding hydrogens is 396 g/mol. The number of hydrogen-bond acceptors (Lipinski definition) is 6. The normalized spacial score (nSPS) is 30.8. The minimum absolute atomic E-state index is 0.114. The molecule has 8 nitrogen and oxygen atoms in total. The van der Waals surface area contributed by atoms with Crippen LogP contribution in [-0.4, -0.2) is 70.9 Å². The molecule has 4 unspecified atom stereocenters. The molecule has 0 bridgehead atoms. The minimum atomic E-state index is -0.594. The molecule has 8 heteroatoms. The van der Waals surface area contributed by atoms with E-state index in [0.29, 0.717) is 31.3 Å². The molecule has 1 N–H and O–H groups in total. The third-order valence-corrected chi connectivity index (χ3v) is 6.39. The number of imide groups is 1. The van der Waals surface area contributed by atoms with E-state index in [-0.39, 0.29) is 36.2 Å². The number of fused-ring (bicyclic) bond motifs is 1. The zero-order chi connectivity index (χ0) is 22.1. The summed E-state index contributed by atoms with van der Waals surface area (Å²) in [4.78, 5) is 42.6. The van der Waals surface area contributed by atoms with E-state index in [4.69, 9.17) is 4.74 Å². The first kappa shape index (κ1) is 21.4. The summed E-state index contributed by atoms with van der Waals surface area (Å²) < 4.78 is 6.20. The van der Waals surface area contributed by atoms with Gasteiger partial charge in [0.25, 0.3) is 5.91 Å². The molecule has 2 fully saturated rings. The Balaban J connectivity index is 1.39. The highest BCUT2D eigenvalue weighted by Crippen LogP contribution is 2.34. The second-order valence-electron chi connectivity index (χ2n) is 8.59. The van der Waals surface area contributed by atoms with E-state index < -0.39 is 6.04 Å². The van der Waals surface area contributed by atoms with Crippen LogP contribution in [0.3, 0.4) is 0 Å². The maximum Gasteiger partial charge on any atom is 0.250 e. The molecule has 2 saturated heterocycles. The highest BCUT2D eigenvalue weighted by molar-refractivity contribution is 6.04. The lowest BCUT2D eigenvalue weighted by Crippen LogP contribution is -2.53. The lowest BCUT2D eigenvalue weighted by Gasteiger charge is -2.30. The maximum atomic E-state index is 13.0. The highest BCUT2D eigenvalue weighted by atomic mass is 16.5. The summed E-state index contributed by atoms with van der Waals surface area (Å²) >= 11 is 0. The van der Waals surface area contributed by atoms with Gasteiger partial charge in [-0.3, -0.25) is 19.7 Å². The molecule has 1 aliphatic carbocycles. The van der Waals surface area contributed by atoms with Crippen LogP contribution in [0.5, 0.6) is 0 Å². The number of nitrogens with one attached hydrogen (secondary N) is 1. The number of nitrogens with zero attached hydrogens (tertiary/aromatic N) is 3. The van der Waals surface area contributed by atoms with E-state index in [9.17, 15) is 14.4 Å². The van der Waals surface area contributed by atoms with Crippen LogP contribution < -0.4 is 5.32 Å². The molecule has 0 aromatic heterocycles. The molecule has 4 rings (SSSR count). The van der Waals surface area contributed by atoms with Crippen LogP contribution in [-0.2, 0) is 19.1 Å². The Morgan fingerprint density at radius 2 is 2.10 bits per heavy atom. The van der Waals surface area contributed by atoms with Crippen molar-refractivity contribution < 1.29 is 19.1 Å². The van der Waals surface area contributed by atoms with Crippen molar-refractivity contribution in [3.63, 3.8) is 0 Å². The van der Waals surface area contributed by atoms with Crippen LogP contribution in [0.1, 0.15) is 33.1 Å². The average molecular weight is 427 g/mol. The molecule has 31 heavy (non-hydrogen) atoms. The van der Waals surface area contributed by atoms with Crippen molar-refractivity contribution in [1.29, 1.82) is 0 Å². The molecule has 0 aromatic carbocycles. The zero-order valence-corrected chi connectivity index (χ0v) is 18.3. The minimum Gasteiger partial charge on any atom is -0.369 e. The Morgan fingerprint density at radius 3 is 2.84 bits per heavy atom. The monoisotopic (exact) mass is 426 g/mol. The van der Waals surface area contributed by atoms with Gasteiger partial charge in [-0.1, -0.05) is 25.2 Å². The van der Waals surface area contributed by atoms with Gasteiger partial charge in [0.05, 0.1) is 12.7 Å². The number of ether oxygens (including phenoxy) is 1. The first-order valence-electron chi connectivity index (χ1n) is 10.9. The highest BCUT2D eigenvalue weighted by Gasteiger charge is 2.45. The average Bonchev–Trinajstić information content (AvgIpc) is 3.26. The van der Waals surface area contributed by atoms with Crippen LogP contribution in [0.4, 0.5) is 0 Å². The second-order valence-corrected chi connectivity index (χ2v) is 8.59. The molecule has 3 aliphatic heterocycles. The van der Waals surface area contributed by atoms with Gasteiger partial charge in [0, 0.05) is 50.1 Å². The molecule has 0 spiro atoms. The van der Waals surface area contributed by atoms with Gasteiger partial charge in [0.1, 0.15) is 12.2 Å². The fraction of sp³-hybridized carbons (Fsp3) is 0.522. The van der Waals surface area contributed by atoms with Gasteiger partial charge in [-0.05, 0) is 25.3 Å². The lowest BCUT2D eigenvalue weighted by molar-refractivity contribution is -0.142. The quantitative estimate of drug-likeness (QED) is 0.648. The molecule has 4 atom stereocenters. The van der Waals surface area contributed by atoms with E-state index in [2.05, 4.69) is 47.7 Å². The summed E-state index contributed by atoms with van der Waals surface area (Å²) in [5.74, 6) is -0.918. The van der Waals surface area contributed by atoms with Crippen molar-refractivity contribution in [2.24, 2.45) is 5.92 Å². The van der Waals surface area contributed by atoms with Crippen LogP contribution in [0.25, 0.3) is 0 Å². The summed E-state index contributed by atoms with van der Waals surface area (Å²) in [7, 11) is 2.07. The maximum absolute atomic E-state index is 13.0. The van der Waals surface area contributed by atoms with Crippen LogP contribution in [0.2, 0.25) is 0 Å². The Bertz CT molecular complexity index is 890. The summed E-state index contributed by atoms with van der Waals surface area (Å²) in [6.07, 6.45) is 13.6. The number of carbonyl (C=O) groups excluding carboxylic acids is 3. The smallest absolute Gasteiger partial charge is 0.250 e. The lowest BCUT2D eigenvalue weighted by atomic mass is 9.91. The van der Waals surface area contributed by atoms with Crippen LogP contribution in [0.15, 0.2) is 48.0 Å². The molecular formula is C23H30N4O4. The van der Waals surface area contributed by atoms with Crippen LogP contribution >= 0.6 is 0 Å². The summed E-state index contributed by atoms with van der Waals surface area (Å²) in [5, 5.41) is 2.35. The van der Waals surface area contributed by atoms with E-state index >= 15 is 0 Å². The van der Waals surface area contributed by atoms with E-state index in [1.54, 1.807) is 4.90 Å². The number of amides is 3. The molecule has 166 valence electrons. The fourth-order valence-corrected chi connectivity index (χ4v) is 4.75. The summed E-state index contributed by atoms with van der Waals surface area (Å²) in [5.41, 5.74) is 1.77. The Hall–Kier alpha value is -2.87. The Morgan fingerprint density at radius 1 is 1.29 bits per heavy atom. The van der Waals surface area contributed by atoms with E-state index in [1.807, 2.05) is 25.2 Å². The summed E-state index contributed by atoms with van der Waals surface area (Å²) in [6, 6.07) is -0.594. The van der Waals surface area contributed by atoms with E-state index in [1.165, 1.54) is 0 Å². The second kappa shape index (κ2) is 8.70. The van der Waals surface area contributed by atoms with Crippen molar-refractivity contribution in [2.75, 3.05) is 20.2 Å². The number of hydrogen-bond donors (Lipinski definition) is 1. The van der Waals surface area contributed by atoms with Gasteiger partial charge in [0.15, 0.2) is 0 Å². The fourth-order valence-electron chi connectivity index (χ4n) is 4.75. The first-order valence-corrected chi connectivity index (χ1v) is 10.9. The molecule has 0 saturated carbocycles. The molecule has 3 amide bonds. The molecule has 0 radical (unpaired) electrons. The van der Waals surface area contributed by atoms with Gasteiger partial charge in [0.2, 0.25) is 11.8 Å². The topological polar surface area (TPSA) is 82.2 Å². The Kier molecular flexibility index (Phi) is 6.00. The van der Waals surface area contributed by atoms with Gasteiger partial charge in [-0.2, -0.15) is 0 Å². The predicted molar refractivity (Wildman–Crippen MR) is 115 cm³/mol. The van der Waals surface area contributed by atoms with Gasteiger partial charge in [-0.25, -0.2) is 0 Å². The number of allylic oxidation sites excluding steroid dienone is 2. The number of likely N-dealkylation sites (tertiary alicyclic amines) is 1. The third kappa shape index (κ3) is 4.17. The number of rotatable bonds is 6. The SMILES string of the molecule is CCC1N(C)C=CN1/C=C(\C)COC1C=CC=C2C(=O)N(C3CCC(=O)NC3=O)CC21. The number of piperidine rings is 1. The van der Waals surface area contributed by atoms with Gasteiger partial charge in [-0.15, -0.1) is 0 Å². The Labute approximate surface area is 182 Å². The van der Waals surface area contributed by atoms with Crippen molar-refractivity contribution in [3.8, 4) is 0 Å². The predicted octanol–water partition coefficient (Wildman–Crippen LogP) is 1.49. The molecule has 3 heterocycles. The van der Waals surface area contributed by atoms with Crippen molar-refractivity contribution in [2.45, 2.75) is 51.4 Å². The molecule has 4 aliphatic rings. The number of carbonyl (C=O) groups is 3. The van der Waals surface area contributed by atoms with E-state index in [0.717, 1.165) is 12.0 Å². The van der Waals surface area contributed by atoms with Gasteiger partial charge < -0.3 is 19.4 Å². The molecule has 0 aromatic rings. The standard InChI is InChI=1S/C23H30N4O4/c1-4-21-25(3)10-11-26(21)12-15(2)14-31-19-7-5-6-16-17(19)13-27(23(16)30)18-8-9-20(28)24-22(18)29/h5-7,10-12,17-19,21H,4,8-9,13-14H2,1-3H3,(H,24,28,29)/b15-12+. The van der Waals surface area contributed by atoms with Gasteiger partial charge >= 0.3 is 0 Å².